The fraction of sp³-hybridized carbons (Fsp3) is 0.286. The molecule has 2 aromatic rings. The summed E-state index contributed by atoms with van der Waals surface area (Å²) in [5.41, 5.74) is 1.11. The highest BCUT2D eigenvalue weighted by atomic mass is 16.5. The number of rotatable bonds is 6. The van der Waals surface area contributed by atoms with E-state index in [9.17, 15) is 14.4 Å². The van der Waals surface area contributed by atoms with Crippen LogP contribution in [0.2, 0.25) is 0 Å². The van der Waals surface area contributed by atoms with Crippen molar-refractivity contribution in [2.45, 2.75) is 32.4 Å². The fourth-order valence-electron chi connectivity index (χ4n) is 2.40. The predicted molar refractivity (Wildman–Crippen MR) is 102 cm³/mol. The first kappa shape index (κ1) is 20.0. The van der Waals surface area contributed by atoms with Crippen LogP contribution in [0.15, 0.2) is 53.5 Å². The first-order valence-electron chi connectivity index (χ1n) is 8.64. The van der Waals surface area contributed by atoms with Gasteiger partial charge >= 0.3 is 5.97 Å². The molecule has 1 heterocycles. The van der Waals surface area contributed by atoms with Crippen molar-refractivity contribution < 1.29 is 14.3 Å². The number of hydrogen-bond acceptors (Lipinski definition) is 4. The lowest BCUT2D eigenvalue weighted by atomic mass is 10.1. The monoisotopic (exact) mass is 366 g/mol. The smallest absolute Gasteiger partial charge is 0.328 e. The number of nitrogens with zero attached hydrogens (tertiary/aromatic N) is 1. The molecule has 0 saturated heterocycles. The molecule has 1 amide bonds. The van der Waals surface area contributed by atoms with E-state index in [2.05, 4.69) is 21.9 Å². The number of aryl methyl sites for hydroxylation is 1. The molecule has 0 aliphatic carbocycles. The maximum Gasteiger partial charge on any atom is 0.328 e. The van der Waals surface area contributed by atoms with Crippen molar-refractivity contribution >= 4 is 11.9 Å². The Kier molecular flexibility index (Phi) is 7.38. The fourth-order valence-corrected chi connectivity index (χ4v) is 2.40. The Morgan fingerprint density at radius 3 is 2.78 bits per heavy atom. The molecule has 1 atom stereocenters. The molecule has 0 aliphatic rings. The van der Waals surface area contributed by atoms with Gasteiger partial charge in [0.1, 0.15) is 6.04 Å². The number of aromatic nitrogens is 1. The zero-order chi connectivity index (χ0) is 19.6. The molecule has 0 spiro atoms. The van der Waals surface area contributed by atoms with Gasteiger partial charge in [-0.15, -0.1) is 0 Å². The summed E-state index contributed by atoms with van der Waals surface area (Å²) in [6.07, 6.45) is 3.15. The Morgan fingerprint density at radius 2 is 2.04 bits per heavy atom. The first-order valence-corrected chi connectivity index (χ1v) is 8.64. The van der Waals surface area contributed by atoms with E-state index >= 15 is 0 Å². The molecule has 1 aromatic carbocycles. The molecule has 140 valence electrons. The van der Waals surface area contributed by atoms with Gasteiger partial charge in [0.15, 0.2) is 0 Å². The van der Waals surface area contributed by atoms with E-state index in [1.165, 1.54) is 13.2 Å². The minimum Gasteiger partial charge on any atom is -0.467 e. The minimum absolute atomic E-state index is 0.0228. The summed E-state index contributed by atoms with van der Waals surface area (Å²) in [5.74, 6) is 5.21. The van der Waals surface area contributed by atoms with Gasteiger partial charge in [0.05, 0.1) is 7.11 Å². The molecule has 1 aromatic heterocycles. The van der Waals surface area contributed by atoms with Crippen LogP contribution in [0.25, 0.3) is 0 Å². The lowest BCUT2D eigenvalue weighted by molar-refractivity contribution is -0.142. The second-order valence-electron chi connectivity index (χ2n) is 5.94. The summed E-state index contributed by atoms with van der Waals surface area (Å²) in [6.45, 7) is 2.17. The number of nitrogens with one attached hydrogen (secondary N) is 1. The van der Waals surface area contributed by atoms with Gasteiger partial charge in [-0.25, -0.2) is 4.79 Å². The Bertz CT molecular complexity index is 921. The van der Waals surface area contributed by atoms with Gasteiger partial charge in [0.25, 0.3) is 5.91 Å². The number of methoxy groups -OCH3 is 1. The van der Waals surface area contributed by atoms with E-state index in [1.54, 1.807) is 42.0 Å². The highest BCUT2D eigenvalue weighted by Gasteiger charge is 2.16. The molecule has 2 rings (SSSR count). The molecule has 0 aliphatic heterocycles. The molecule has 6 heteroatoms. The summed E-state index contributed by atoms with van der Waals surface area (Å²) >= 11 is 0. The SMILES string of the molecule is COC(=O)C(C)NC(=O)c1cccc(C#CCCCn2ccccc2=O)c1. The minimum atomic E-state index is -0.723. The zero-order valence-corrected chi connectivity index (χ0v) is 15.4. The van der Waals surface area contributed by atoms with Crippen molar-refractivity contribution in [2.75, 3.05) is 7.11 Å². The van der Waals surface area contributed by atoms with Crippen LogP contribution in [-0.4, -0.2) is 29.6 Å². The zero-order valence-electron chi connectivity index (χ0n) is 15.4. The van der Waals surface area contributed by atoms with Crippen molar-refractivity contribution in [2.24, 2.45) is 0 Å². The lowest BCUT2D eigenvalue weighted by Gasteiger charge is -2.11. The number of pyridine rings is 1. The molecular formula is C21H22N2O4. The highest BCUT2D eigenvalue weighted by Crippen LogP contribution is 2.05. The standard InChI is InChI=1S/C21H22N2O4/c1-16(21(26)27-2)22-20(25)18-11-8-10-17(15-18)9-4-3-6-13-23-14-7-5-12-19(23)24/h5,7-8,10-12,14-16H,3,6,13H2,1-2H3,(H,22,25). The third kappa shape index (κ3) is 6.15. The Morgan fingerprint density at radius 1 is 1.22 bits per heavy atom. The van der Waals surface area contributed by atoms with Gasteiger partial charge in [-0.1, -0.05) is 24.0 Å². The van der Waals surface area contributed by atoms with Crippen LogP contribution in [0.5, 0.6) is 0 Å². The predicted octanol–water partition coefficient (Wildman–Crippen LogP) is 1.97. The number of ether oxygens (including phenoxy) is 1. The number of amides is 1. The normalized spacial score (nSPS) is 11.0. The van der Waals surface area contributed by atoms with Gasteiger partial charge < -0.3 is 14.6 Å². The van der Waals surface area contributed by atoms with Crippen molar-refractivity contribution in [1.29, 1.82) is 0 Å². The molecular weight excluding hydrogens is 344 g/mol. The maximum atomic E-state index is 12.2. The number of carbonyl (C=O) groups excluding carboxylic acids is 2. The third-order valence-corrected chi connectivity index (χ3v) is 3.86. The van der Waals surface area contributed by atoms with Gasteiger partial charge in [0.2, 0.25) is 5.56 Å². The van der Waals surface area contributed by atoms with Crippen LogP contribution in [0.4, 0.5) is 0 Å². The molecule has 27 heavy (non-hydrogen) atoms. The highest BCUT2D eigenvalue weighted by molar-refractivity contribution is 5.96. The van der Waals surface area contributed by atoms with E-state index in [1.807, 2.05) is 12.1 Å². The Hall–Kier alpha value is -3.33. The number of carbonyl (C=O) groups is 2. The van der Waals surface area contributed by atoms with Crippen LogP contribution in [0, 0.1) is 11.8 Å². The first-order chi connectivity index (χ1) is 13.0. The lowest BCUT2D eigenvalue weighted by Crippen LogP contribution is -2.39. The summed E-state index contributed by atoms with van der Waals surface area (Å²) < 4.78 is 6.24. The topological polar surface area (TPSA) is 77.4 Å². The largest absolute Gasteiger partial charge is 0.467 e. The molecule has 6 nitrogen and oxygen atoms in total. The van der Waals surface area contributed by atoms with Crippen molar-refractivity contribution in [3.63, 3.8) is 0 Å². The molecule has 0 bridgehead atoms. The number of esters is 1. The second kappa shape index (κ2) is 9.97. The quantitative estimate of drug-likeness (QED) is 0.482. The molecule has 1 N–H and O–H groups in total. The van der Waals surface area contributed by atoms with E-state index in [4.69, 9.17) is 0 Å². The molecule has 0 saturated carbocycles. The third-order valence-electron chi connectivity index (χ3n) is 3.86. The van der Waals surface area contributed by atoms with Crippen molar-refractivity contribution in [1.82, 2.24) is 9.88 Å². The summed E-state index contributed by atoms with van der Waals surface area (Å²) in [4.78, 5) is 35.2. The van der Waals surface area contributed by atoms with E-state index in [0.29, 0.717) is 24.1 Å². The summed E-state index contributed by atoms with van der Waals surface area (Å²) in [7, 11) is 1.27. The number of benzene rings is 1. The average molecular weight is 366 g/mol. The maximum absolute atomic E-state index is 12.2. The van der Waals surface area contributed by atoms with E-state index in [-0.39, 0.29) is 11.5 Å². The number of hydrogen-bond donors (Lipinski definition) is 1. The van der Waals surface area contributed by atoms with Crippen LogP contribution in [-0.2, 0) is 16.1 Å². The van der Waals surface area contributed by atoms with Gasteiger partial charge in [-0.05, 0) is 37.6 Å². The number of unbranched alkanes of at least 4 members (excludes halogenated alkanes) is 1. The summed E-state index contributed by atoms with van der Waals surface area (Å²) in [6, 6.07) is 11.2. The van der Waals surface area contributed by atoms with Crippen LogP contribution in [0.1, 0.15) is 35.7 Å². The molecule has 0 radical (unpaired) electrons. The van der Waals surface area contributed by atoms with Gasteiger partial charge in [-0.2, -0.15) is 0 Å². The van der Waals surface area contributed by atoms with Crippen molar-refractivity contribution in [3.05, 3.63) is 70.1 Å². The molecule has 0 fully saturated rings. The van der Waals surface area contributed by atoms with Crippen LogP contribution >= 0.6 is 0 Å². The molecule has 1 unspecified atom stereocenters. The van der Waals surface area contributed by atoms with Gasteiger partial charge in [-0.3, -0.25) is 9.59 Å². The van der Waals surface area contributed by atoms with Crippen LogP contribution < -0.4 is 10.9 Å². The summed E-state index contributed by atoms with van der Waals surface area (Å²) in [5, 5.41) is 2.58. The Balaban J connectivity index is 1.91. The van der Waals surface area contributed by atoms with Crippen molar-refractivity contribution in [3.8, 4) is 11.8 Å². The van der Waals surface area contributed by atoms with E-state index in [0.717, 1.165) is 6.42 Å². The Labute approximate surface area is 158 Å². The second-order valence-corrected chi connectivity index (χ2v) is 5.94. The average Bonchev–Trinajstić information content (AvgIpc) is 2.68. The van der Waals surface area contributed by atoms with Gasteiger partial charge in [0, 0.05) is 36.4 Å². The van der Waals surface area contributed by atoms with E-state index < -0.39 is 12.0 Å². The van der Waals surface area contributed by atoms with Crippen LogP contribution in [0.3, 0.4) is 0 Å².